The molecule has 2 aromatic carbocycles. The van der Waals surface area contributed by atoms with E-state index >= 15 is 0 Å². The number of rotatable bonds is 10. The Hall–Kier alpha value is -4.64. The molecule has 0 atom stereocenters. The first-order valence-electron chi connectivity index (χ1n) is 10.8. The molecular weight excluding hydrogens is 476 g/mol. The molecule has 0 saturated carbocycles. The highest BCUT2D eigenvalue weighted by atomic mass is 16.5. The lowest BCUT2D eigenvalue weighted by Crippen LogP contribution is -2.16. The van der Waals surface area contributed by atoms with E-state index in [1.54, 1.807) is 12.1 Å². The second kappa shape index (κ2) is 10.3. The summed E-state index contributed by atoms with van der Waals surface area (Å²) in [5, 5.41) is 28.6. The van der Waals surface area contributed by atoms with Crippen molar-refractivity contribution in [2.45, 2.75) is 18.9 Å². The van der Waals surface area contributed by atoms with E-state index in [1.165, 1.54) is 24.3 Å². The van der Waals surface area contributed by atoms with Crippen LogP contribution in [0.4, 0.5) is 0 Å². The summed E-state index contributed by atoms with van der Waals surface area (Å²) < 4.78 is 21.7. The smallest absolute Gasteiger partial charge is 0.371 e. The van der Waals surface area contributed by atoms with Crippen LogP contribution in [0.1, 0.15) is 34.0 Å². The highest BCUT2D eigenvalue weighted by molar-refractivity contribution is 5.90. The van der Waals surface area contributed by atoms with Crippen LogP contribution >= 0.6 is 0 Å². The molecule has 3 N–H and O–H groups in total. The molecule has 0 aliphatic carbocycles. The van der Waals surface area contributed by atoms with E-state index in [4.69, 9.17) is 28.5 Å². The van der Waals surface area contributed by atoms with Gasteiger partial charge in [-0.1, -0.05) is 12.1 Å². The van der Waals surface area contributed by atoms with Crippen LogP contribution in [-0.4, -0.2) is 46.6 Å². The largest absolute Gasteiger partial charge is 0.493 e. The molecule has 11 nitrogen and oxygen atoms in total. The maximum Gasteiger partial charge on any atom is 0.371 e. The number of hydrogen-bond acceptors (Lipinski definition) is 9. The summed E-state index contributed by atoms with van der Waals surface area (Å²) in [5.41, 5.74) is -0.982. The lowest BCUT2D eigenvalue weighted by Gasteiger charge is -2.14. The summed E-state index contributed by atoms with van der Waals surface area (Å²) in [6, 6.07) is 10.8. The third-order valence-corrected chi connectivity index (χ3v) is 5.27. The van der Waals surface area contributed by atoms with Crippen molar-refractivity contribution in [3.05, 3.63) is 80.5 Å². The summed E-state index contributed by atoms with van der Waals surface area (Å²) in [7, 11) is 0. The number of hydrogen-bond donors (Lipinski definition) is 3. The van der Waals surface area contributed by atoms with E-state index in [0.717, 1.165) is 12.1 Å². The van der Waals surface area contributed by atoms with Gasteiger partial charge in [0.15, 0.2) is 10.9 Å². The van der Waals surface area contributed by atoms with Crippen molar-refractivity contribution >= 4 is 33.9 Å². The maximum absolute atomic E-state index is 12.3. The number of ether oxygens (including phenoxy) is 2. The fourth-order valence-corrected chi connectivity index (χ4v) is 3.56. The molecule has 4 aromatic rings. The molecule has 0 aliphatic rings. The van der Waals surface area contributed by atoms with Crippen LogP contribution < -0.4 is 20.3 Å². The topological polar surface area (TPSA) is 174 Å². The van der Waals surface area contributed by atoms with Crippen LogP contribution in [0.2, 0.25) is 0 Å². The molecule has 0 unspecified atom stereocenters. The minimum atomic E-state index is -1.36. The molecule has 0 fully saturated rings. The summed E-state index contributed by atoms with van der Waals surface area (Å²) in [4.78, 5) is 46.8. The molecule has 186 valence electrons. The van der Waals surface area contributed by atoms with Crippen LogP contribution in [0.3, 0.4) is 0 Å². The first-order chi connectivity index (χ1) is 17.2. The van der Waals surface area contributed by atoms with E-state index < -0.39 is 40.4 Å². The van der Waals surface area contributed by atoms with Gasteiger partial charge in [-0.05, 0) is 24.3 Å². The predicted octanol–water partition coefficient (Wildman–Crippen LogP) is 2.89. The minimum absolute atomic E-state index is 0.0518. The summed E-state index contributed by atoms with van der Waals surface area (Å²) in [5.74, 6) is -3.28. The van der Waals surface area contributed by atoms with Crippen LogP contribution in [0.5, 0.6) is 11.5 Å². The molecule has 0 spiro atoms. The minimum Gasteiger partial charge on any atom is -0.493 e. The fraction of sp³-hybridized carbons (Fsp3) is 0.200. The first-order valence-corrected chi connectivity index (χ1v) is 10.8. The zero-order valence-electron chi connectivity index (χ0n) is 18.6. The molecule has 2 heterocycles. The Morgan fingerprint density at radius 1 is 0.750 bits per heavy atom. The van der Waals surface area contributed by atoms with E-state index in [9.17, 15) is 24.3 Å². The van der Waals surface area contributed by atoms with Crippen molar-refractivity contribution in [3.63, 3.8) is 0 Å². The standard InChI is InChI=1S/C25H20O11/c26-13(7-9-33-16-3-1-5-18-22(16)14(27)11-20(35-18)24(29)30)8-10-34-17-4-2-6-19-23(17)15(28)12-21(36-19)25(31)32/h1-6,11-13,26H,7-10H2,(H,29,30)(H,31,32). The van der Waals surface area contributed by atoms with Gasteiger partial charge in [0.1, 0.15) is 33.4 Å². The zero-order valence-corrected chi connectivity index (χ0v) is 18.6. The van der Waals surface area contributed by atoms with Crippen molar-refractivity contribution in [1.29, 1.82) is 0 Å². The Morgan fingerprint density at radius 3 is 1.56 bits per heavy atom. The van der Waals surface area contributed by atoms with Crippen LogP contribution in [-0.2, 0) is 0 Å². The number of carbonyl (C=O) groups is 2. The molecule has 2 aromatic heterocycles. The monoisotopic (exact) mass is 496 g/mol. The van der Waals surface area contributed by atoms with Gasteiger partial charge in [-0.3, -0.25) is 9.59 Å². The predicted molar refractivity (Wildman–Crippen MR) is 125 cm³/mol. The quantitative estimate of drug-likeness (QED) is 0.294. The van der Waals surface area contributed by atoms with Gasteiger partial charge in [-0.2, -0.15) is 0 Å². The lowest BCUT2D eigenvalue weighted by molar-refractivity contribution is 0.0653. The number of benzene rings is 2. The van der Waals surface area contributed by atoms with Gasteiger partial charge in [-0.25, -0.2) is 9.59 Å². The molecule has 4 rings (SSSR count). The van der Waals surface area contributed by atoms with Crippen molar-refractivity contribution < 1.29 is 43.2 Å². The van der Waals surface area contributed by atoms with Crippen molar-refractivity contribution in [2.24, 2.45) is 0 Å². The summed E-state index contributed by atoms with van der Waals surface area (Å²) in [6.45, 7) is 0.104. The van der Waals surface area contributed by atoms with Gasteiger partial charge in [-0.15, -0.1) is 0 Å². The average molecular weight is 496 g/mol. The number of aliphatic hydroxyl groups is 1. The summed E-state index contributed by atoms with van der Waals surface area (Å²) in [6.07, 6.45) is -0.449. The van der Waals surface area contributed by atoms with E-state index in [1.807, 2.05) is 0 Å². The molecule has 0 radical (unpaired) electrons. The maximum atomic E-state index is 12.3. The van der Waals surface area contributed by atoms with E-state index in [0.29, 0.717) is 0 Å². The number of fused-ring (bicyclic) bond motifs is 2. The number of aromatic carboxylic acids is 2. The number of carboxylic acids is 2. The van der Waals surface area contributed by atoms with Gasteiger partial charge in [0.05, 0.1) is 19.3 Å². The Bertz CT molecular complexity index is 1450. The highest BCUT2D eigenvalue weighted by Gasteiger charge is 2.16. The SMILES string of the molecule is O=C(O)c1cc(=O)c2c(OCCC(O)CCOc3cccc4oc(C(=O)O)cc(=O)c34)cccc2o1. The first kappa shape index (κ1) is 24.5. The molecular formula is C25H20O11. The third kappa shape index (κ3) is 5.20. The van der Waals surface area contributed by atoms with Crippen molar-refractivity contribution in [1.82, 2.24) is 0 Å². The van der Waals surface area contributed by atoms with Crippen LogP contribution in [0, 0.1) is 0 Å². The Kier molecular flexibility index (Phi) is 7.02. The Morgan fingerprint density at radius 2 is 1.17 bits per heavy atom. The fourth-order valence-electron chi connectivity index (χ4n) is 3.56. The third-order valence-electron chi connectivity index (χ3n) is 5.27. The Balaban J connectivity index is 1.35. The van der Waals surface area contributed by atoms with E-state index in [-0.39, 0.29) is 59.5 Å². The van der Waals surface area contributed by atoms with Gasteiger partial charge < -0.3 is 33.6 Å². The molecule has 0 bridgehead atoms. The number of carboxylic acid groups (broad SMARTS) is 2. The van der Waals surface area contributed by atoms with Gasteiger partial charge in [0.2, 0.25) is 11.5 Å². The molecule has 0 aliphatic heterocycles. The molecule has 0 amide bonds. The van der Waals surface area contributed by atoms with E-state index in [2.05, 4.69) is 0 Å². The number of aliphatic hydroxyl groups excluding tert-OH is 1. The van der Waals surface area contributed by atoms with Gasteiger partial charge in [0, 0.05) is 25.0 Å². The van der Waals surface area contributed by atoms with Crippen molar-refractivity contribution in [3.8, 4) is 11.5 Å². The molecule has 36 heavy (non-hydrogen) atoms. The lowest BCUT2D eigenvalue weighted by atomic mass is 10.2. The normalized spacial score (nSPS) is 11.2. The Labute approximate surface area is 201 Å². The zero-order chi connectivity index (χ0) is 25.8. The van der Waals surface area contributed by atoms with Crippen molar-refractivity contribution in [2.75, 3.05) is 13.2 Å². The van der Waals surface area contributed by atoms with Gasteiger partial charge >= 0.3 is 11.9 Å². The summed E-state index contributed by atoms with van der Waals surface area (Å²) >= 11 is 0. The molecule has 11 heteroatoms. The van der Waals surface area contributed by atoms with Crippen LogP contribution in [0.25, 0.3) is 21.9 Å². The highest BCUT2D eigenvalue weighted by Crippen LogP contribution is 2.25. The average Bonchev–Trinajstić information content (AvgIpc) is 2.83. The second-order valence-corrected chi connectivity index (χ2v) is 7.75. The van der Waals surface area contributed by atoms with Gasteiger partial charge in [0.25, 0.3) is 0 Å². The second-order valence-electron chi connectivity index (χ2n) is 7.75. The van der Waals surface area contributed by atoms with Crippen LogP contribution in [0.15, 0.2) is 67.0 Å². The molecule has 0 saturated heterocycles.